The van der Waals surface area contributed by atoms with Crippen LogP contribution < -0.4 is 5.73 Å². The predicted molar refractivity (Wildman–Crippen MR) is 84.2 cm³/mol. The molecule has 2 heterocycles. The summed E-state index contributed by atoms with van der Waals surface area (Å²) in [6.45, 7) is 4.47. The maximum atomic E-state index is 8.32. The van der Waals surface area contributed by atoms with E-state index in [0.29, 0.717) is 12.2 Å². The van der Waals surface area contributed by atoms with E-state index in [9.17, 15) is 0 Å². The zero-order valence-corrected chi connectivity index (χ0v) is 11.7. The molecule has 0 aliphatic heterocycles. The monoisotopic (exact) mass is 264 g/mol. The van der Waals surface area contributed by atoms with Gasteiger partial charge in [0.05, 0.1) is 5.69 Å². The highest BCUT2D eigenvalue weighted by atomic mass is 14.7. The molecule has 0 spiro atoms. The molecule has 4 nitrogen and oxygen atoms in total. The molecule has 2 N–H and O–H groups in total. The summed E-state index contributed by atoms with van der Waals surface area (Å²) in [5.41, 5.74) is 9.01. The van der Waals surface area contributed by atoms with Gasteiger partial charge in [0, 0.05) is 35.8 Å². The van der Waals surface area contributed by atoms with E-state index >= 15 is 0 Å². The van der Waals surface area contributed by atoms with Gasteiger partial charge in [0.2, 0.25) is 0 Å². The number of hydrogen-bond donors (Lipinski definition) is 1. The fraction of sp³-hybridized carbons (Fsp3) is 0.214. The highest BCUT2D eigenvalue weighted by Gasteiger charge is 1.87. The molecule has 0 aromatic carbocycles. The van der Waals surface area contributed by atoms with Crippen molar-refractivity contribution >= 4 is 15.5 Å². The van der Waals surface area contributed by atoms with E-state index < -0.39 is 0 Å². The summed E-state index contributed by atoms with van der Waals surface area (Å²) >= 11 is 0. The van der Waals surface area contributed by atoms with E-state index in [4.69, 9.17) is 11.0 Å². The van der Waals surface area contributed by atoms with Crippen LogP contribution in [0.5, 0.6) is 0 Å². The second-order valence-electron chi connectivity index (χ2n) is 3.86. The third kappa shape index (κ3) is 7.34. The summed E-state index contributed by atoms with van der Waals surface area (Å²) in [7, 11) is 8.00. The second-order valence-corrected chi connectivity index (χ2v) is 3.86. The minimum Gasteiger partial charge on any atom is -0.325 e. The molecule has 0 amide bonds. The van der Waals surface area contributed by atoms with Crippen molar-refractivity contribution in [1.29, 1.82) is 5.26 Å². The van der Waals surface area contributed by atoms with E-state index in [0.717, 1.165) is 11.3 Å². The molecule has 2 rings (SSSR count). The van der Waals surface area contributed by atoms with E-state index in [-0.39, 0.29) is 1.43 Å². The Bertz CT molecular complexity index is 524. The lowest BCUT2D eigenvalue weighted by molar-refractivity contribution is 0.984. The largest absolute Gasteiger partial charge is 0.325 e. The molecule has 0 fully saturated rings. The number of nitrogens with two attached hydrogens (primary N) is 1. The van der Waals surface area contributed by atoms with Gasteiger partial charge in [-0.15, -0.1) is 0 Å². The highest BCUT2D eigenvalue weighted by molar-refractivity contribution is 6.75. The summed E-state index contributed by atoms with van der Waals surface area (Å²) in [6.07, 6.45) is 3.50. The van der Waals surface area contributed by atoms with Crippen molar-refractivity contribution in [3.63, 3.8) is 0 Å². The molecule has 0 aliphatic carbocycles. The Morgan fingerprint density at radius 2 is 1.65 bits per heavy atom. The molecular formula is C14H18B2N4. The molecule has 100 valence electrons. The molecule has 0 aliphatic rings. The van der Waals surface area contributed by atoms with Crippen LogP contribution in [-0.2, 0) is 6.54 Å². The van der Waals surface area contributed by atoms with Crippen molar-refractivity contribution in [1.82, 2.24) is 9.97 Å². The van der Waals surface area contributed by atoms with Gasteiger partial charge < -0.3 is 5.73 Å². The fourth-order valence-electron chi connectivity index (χ4n) is 1.15. The Morgan fingerprint density at radius 1 is 1.10 bits per heavy atom. The van der Waals surface area contributed by atoms with Crippen molar-refractivity contribution < 1.29 is 1.43 Å². The molecule has 0 atom stereocenters. The first kappa shape index (κ1) is 17.9. The topological polar surface area (TPSA) is 75.6 Å². The average molecular weight is 264 g/mol. The normalized spacial score (nSPS) is 8.30. The number of rotatable bonds is 1. The zero-order valence-electron chi connectivity index (χ0n) is 11.7. The third-order valence-corrected chi connectivity index (χ3v) is 2.21. The van der Waals surface area contributed by atoms with Gasteiger partial charge in [0.25, 0.3) is 0 Å². The number of pyridine rings is 2. The highest BCUT2D eigenvalue weighted by Crippen LogP contribution is 1.96. The van der Waals surface area contributed by atoms with Crippen molar-refractivity contribution in [3.8, 4) is 6.07 Å². The van der Waals surface area contributed by atoms with E-state index in [1.165, 1.54) is 5.56 Å². The Hall–Kier alpha value is -2.12. The lowest BCUT2D eigenvalue weighted by Crippen LogP contribution is -1.98. The van der Waals surface area contributed by atoms with Gasteiger partial charge in [-0.3, -0.25) is 4.98 Å². The zero-order chi connectivity index (χ0) is 15.4. The smallest absolute Gasteiger partial charge is 0.140 e. The Kier molecular flexibility index (Phi) is 9.63. The van der Waals surface area contributed by atoms with Gasteiger partial charge in [0.15, 0.2) is 0 Å². The average Bonchev–Trinajstić information content (AvgIpc) is 2.51. The number of hydrogen-bond acceptors (Lipinski definition) is 4. The molecule has 0 unspecified atom stereocenters. The minimum absolute atomic E-state index is 0. The molecule has 0 saturated heterocycles. The van der Waals surface area contributed by atoms with Gasteiger partial charge in [-0.2, -0.15) is 5.26 Å². The SMILES string of the molecule is Cc1ccc(C#N)nc1.Cc1ccc(CN)nc1.[B][B].[HH]. The Morgan fingerprint density at radius 3 is 2.00 bits per heavy atom. The van der Waals surface area contributed by atoms with Crippen molar-refractivity contribution in [2.24, 2.45) is 5.73 Å². The summed E-state index contributed by atoms with van der Waals surface area (Å²) in [5, 5.41) is 8.32. The Balaban J connectivity index is 0. The van der Waals surface area contributed by atoms with E-state index in [1.54, 1.807) is 12.3 Å². The molecule has 2 aromatic rings. The number of aryl methyl sites for hydroxylation is 2. The van der Waals surface area contributed by atoms with Gasteiger partial charge in [-0.25, -0.2) is 4.98 Å². The molecular weight excluding hydrogens is 246 g/mol. The van der Waals surface area contributed by atoms with Crippen molar-refractivity contribution in [3.05, 3.63) is 59.2 Å². The molecule has 4 radical (unpaired) electrons. The molecule has 0 bridgehead atoms. The first-order valence-electron chi connectivity index (χ1n) is 5.93. The van der Waals surface area contributed by atoms with Crippen molar-refractivity contribution in [2.45, 2.75) is 20.4 Å². The third-order valence-electron chi connectivity index (χ3n) is 2.21. The van der Waals surface area contributed by atoms with E-state index in [2.05, 4.69) is 25.4 Å². The van der Waals surface area contributed by atoms with Crippen LogP contribution in [0.1, 0.15) is 23.9 Å². The Labute approximate surface area is 124 Å². The summed E-state index contributed by atoms with van der Waals surface area (Å²) < 4.78 is 0. The second kappa shape index (κ2) is 10.8. The molecule has 0 saturated carbocycles. The minimum atomic E-state index is 0. The fourth-order valence-corrected chi connectivity index (χ4v) is 1.15. The van der Waals surface area contributed by atoms with Gasteiger partial charge in [-0.1, -0.05) is 12.1 Å². The van der Waals surface area contributed by atoms with E-state index in [1.807, 2.05) is 44.3 Å². The molecule has 2 aromatic heterocycles. The quantitative estimate of drug-likeness (QED) is 0.793. The summed E-state index contributed by atoms with van der Waals surface area (Å²) in [6, 6.07) is 9.46. The van der Waals surface area contributed by atoms with Crippen LogP contribution in [0.4, 0.5) is 0 Å². The van der Waals surface area contributed by atoms with Gasteiger partial charge >= 0.3 is 0 Å². The predicted octanol–water partition coefficient (Wildman–Crippen LogP) is 1.59. The summed E-state index contributed by atoms with van der Waals surface area (Å²) in [5.74, 6) is 0. The van der Waals surface area contributed by atoms with Crippen molar-refractivity contribution in [2.75, 3.05) is 0 Å². The number of nitrogens with zero attached hydrogens (tertiary/aromatic N) is 3. The number of aromatic nitrogens is 2. The lowest BCUT2D eigenvalue weighted by Gasteiger charge is -1.93. The summed E-state index contributed by atoms with van der Waals surface area (Å²) in [4.78, 5) is 7.91. The van der Waals surface area contributed by atoms with Crippen LogP contribution in [0.25, 0.3) is 0 Å². The van der Waals surface area contributed by atoms with Crippen LogP contribution >= 0.6 is 0 Å². The van der Waals surface area contributed by atoms with Crippen LogP contribution in [0.2, 0.25) is 0 Å². The first-order valence-corrected chi connectivity index (χ1v) is 5.93. The van der Waals surface area contributed by atoms with Crippen LogP contribution in [0.15, 0.2) is 36.7 Å². The molecule has 6 heteroatoms. The van der Waals surface area contributed by atoms with Crippen LogP contribution in [-0.4, -0.2) is 25.4 Å². The van der Waals surface area contributed by atoms with Crippen LogP contribution in [0, 0.1) is 25.2 Å². The molecule has 20 heavy (non-hydrogen) atoms. The lowest BCUT2D eigenvalue weighted by atomic mass is 9.81. The van der Waals surface area contributed by atoms with Crippen LogP contribution in [0.3, 0.4) is 0 Å². The maximum Gasteiger partial charge on any atom is 0.140 e. The van der Waals surface area contributed by atoms with Gasteiger partial charge in [0.1, 0.15) is 11.8 Å². The maximum absolute atomic E-state index is 8.32. The standard InChI is InChI=1S/C7H10N2.C7H6N2.B2.H2/c2*1-6-2-3-7(4-8)9-5-6;1-2;/h2-3,5H,4,8H2,1H3;2-3,5H,1H3;;1H. The van der Waals surface area contributed by atoms with Gasteiger partial charge in [-0.05, 0) is 37.1 Å². The first-order chi connectivity index (χ1) is 9.65. The number of nitriles is 1.